The highest BCUT2D eigenvalue weighted by Crippen LogP contribution is 2.26. The highest BCUT2D eigenvalue weighted by atomic mass is 35.5. The molecule has 132 valence electrons. The molecule has 0 spiro atoms. The summed E-state index contributed by atoms with van der Waals surface area (Å²) >= 11 is 5.98. The predicted octanol–water partition coefficient (Wildman–Crippen LogP) is 3.85. The van der Waals surface area contributed by atoms with Crippen LogP contribution in [0.15, 0.2) is 34.9 Å². The number of piperidine rings is 1. The third-order valence-electron chi connectivity index (χ3n) is 4.42. The summed E-state index contributed by atoms with van der Waals surface area (Å²) in [5.41, 5.74) is 0.984. The number of aromatic nitrogens is 1. The van der Waals surface area contributed by atoms with E-state index in [0.29, 0.717) is 23.7 Å². The summed E-state index contributed by atoms with van der Waals surface area (Å²) in [4.78, 5) is 25.4. The third-order valence-corrected chi connectivity index (χ3v) is 4.65. The van der Waals surface area contributed by atoms with Crippen molar-refractivity contribution in [3.05, 3.63) is 41.0 Å². The zero-order valence-corrected chi connectivity index (χ0v) is 14.4. The summed E-state index contributed by atoms with van der Waals surface area (Å²) in [6.07, 6.45) is 3.24. The number of aliphatic carboxylic acids is 1. The predicted molar refractivity (Wildman–Crippen MR) is 92.5 cm³/mol. The molecule has 6 nitrogen and oxygen atoms in total. The fourth-order valence-corrected chi connectivity index (χ4v) is 3.35. The van der Waals surface area contributed by atoms with Crippen molar-refractivity contribution in [2.24, 2.45) is 0 Å². The van der Waals surface area contributed by atoms with Gasteiger partial charge in [-0.1, -0.05) is 28.9 Å². The van der Waals surface area contributed by atoms with Gasteiger partial charge < -0.3 is 14.5 Å². The Bertz CT molecular complexity index is 774. The minimum Gasteiger partial charge on any atom is -0.481 e. The van der Waals surface area contributed by atoms with Gasteiger partial charge in [-0.2, -0.15) is 0 Å². The number of carbonyl (C=O) groups excluding carboxylic acids is 1. The molecule has 1 aliphatic heterocycles. The Balaban J connectivity index is 1.76. The van der Waals surface area contributed by atoms with E-state index in [-0.39, 0.29) is 24.1 Å². The van der Waals surface area contributed by atoms with Crippen molar-refractivity contribution >= 4 is 23.5 Å². The van der Waals surface area contributed by atoms with E-state index in [9.17, 15) is 9.59 Å². The largest absolute Gasteiger partial charge is 0.481 e. The molecule has 1 aromatic heterocycles. The Morgan fingerprint density at radius 2 is 2.16 bits per heavy atom. The number of carboxylic acids is 1. The molecule has 1 N–H and O–H groups in total. The maximum Gasteiger partial charge on any atom is 0.303 e. The zero-order valence-electron chi connectivity index (χ0n) is 13.7. The number of carbonyl (C=O) groups is 2. The molecule has 1 aromatic carbocycles. The second kappa shape index (κ2) is 7.70. The Hall–Kier alpha value is -2.34. The van der Waals surface area contributed by atoms with Crippen LogP contribution in [0.5, 0.6) is 0 Å². The van der Waals surface area contributed by atoms with Crippen LogP contribution in [0.25, 0.3) is 11.3 Å². The van der Waals surface area contributed by atoms with E-state index in [1.807, 2.05) is 6.07 Å². The SMILES string of the molecule is O=C(O)CCC1CCCCN1C(=O)c1cc(-c2cccc(Cl)c2)on1. The van der Waals surface area contributed by atoms with E-state index in [1.165, 1.54) is 0 Å². The van der Waals surface area contributed by atoms with Gasteiger partial charge in [0.1, 0.15) is 0 Å². The molecule has 2 heterocycles. The van der Waals surface area contributed by atoms with Crippen LogP contribution in [0, 0.1) is 0 Å². The van der Waals surface area contributed by atoms with Gasteiger partial charge in [0.05, 0.1) is 0 Å². The fourth-order valence-electron chi connectivity index (χ4n) is 3.16. The Morgan fingerprint density at radius 1 is 1.32 bits per heavy atom. The van der Waals surface area contributed by atoms with Gasteiger partial charge in [-0.25, -0.2) is 0 Å². The molecule has 25 heavy (non-hydrogen) atoms. The first-order valence-corrected chi connectivity index (χ1v) is 8.68. The third kappa shape index (κ3) is 4.20. The summed E-state index contributed by atoms with van der Waals surface area (Å²) in [6.45, 7) is 0.614. The molecule has 1 aliphatic rings. The van der Waals surface area contributed by atoms with Crippen LogP contribution >= 0.6 is 11.6 Å². The highest BCUT2D eigenvalue weighted by molar-refractivity contribution is 6.30. The minimum atomic E-state index is -0.845. The minimum absolute atomic E-state index is 0.0566. The summed E-state index contributed by atoms with van der Waals surface area (Å²) in [6, 6.07) is 8.67. The van der Waals surface area contributed by atoms with Crippen molar-refractivity contribution in [2.45, 2.75) is 38.1 Å². The molecule has 1 fully saturated rings. The number of likely N-dealkylation sites (tertiary alicyclic amines) is 1. The number of carboxylic acid groups (broad SMARTS) is 1. The van der Waals surface area contributed by atoms with Gasteiger partial charge in [-0.05, 0) is 37.8 Å². The molecule has 7 heteroatoms. The maximum absolute atomic E-state index is 12.8. The van der Waals surface area contributed by atoms with Crippen LogP contribution in [0.2, 0.25) is 5.02 Å². The molecule has 2 aromatic rings. The topological polar surface area (TPSA) is 83.6 Å². The number of benzene rings is 1. The van der Waals surface area contributed by atoms with Crippen LogP contribution in [-0.4, -0.2) is 39.6 Å². The molecule has 1 atom stereocenters. The first-order valence-electron chi connectivity index (χ1n) is 8.30. The van der Waals surface area contributed by atoms with E-state index in [4.69, 9.17) is 21.2 Å². The second-order valence-corrected chi connectivity index (χ2v) is 6.60. The van der Waals surface area contributed by atoms with E-state index in [1.54, 1.807) is 29.2 Å². The average Bonchev–Trinajstić information content (AvgIpc) is 3.10. The van der Waals surface area contributed by atoms with Crippen molar-refractivity contribution in [1.82, 2.24) is 10.1 Å². The smallest absolute Gasteiger partial charge is 0.303 e. The molecular weight excluding hydrogens is 344 g/mol. The number of rotatable bonds is 5. The lowest BCUT2D eigenvalue weighted by Gasteiger charge is -2.35. The summed E-state index contributed by atoms with van der Waals surface area (Å²) in [7, 11) is 0. The summed E-state index contributed by atoms with van der Waals surface area (Å²) in [5, 5.41) is 13.4. The van der Waals surface area contributed by atoms with Crippen molar-refractivity contribution in [2.75, 3.05) is 6.54 Å². The number of amides is 1. The van der Waals surface area contributed by atoms with Gasteiger partial charge in [0.2, 0.25) is 0 Å². The van der Waals surface area contributed by atoms with E-state index < -0.39 is 5.97 Å². The average molecular weight is 363 g/mol. The number of nitrogens with zero attached hydrogens (tertiary/aromatic N) is 2. The molecule has 3 rings (SSSR count). The second-order valence-electron chi connectivity index (χ2n) is 6.17. The van der Waals surface area contributed by atoms with Crippen molar-refractivity contribution in [3.63, 3.8) is 0 Å². The van der Waals surface area contributed by atoms with Crippen LogP contribution in [-0.2, 0) is 4.79 Å². The van der Waals surface area contributed by atoms with Crippen molar-refractivity contribution in [1.29, 1.82) is 0 Å². The number of hydrogen-bond acceptors (Lipinski definition) is 4. The molecule has 0 radical (unpaired) electrons. The van der Waals surface area contributed by atoms with Crippen LogP contribution in [0.1, 0.15) is 42.6 Å². The van der Waals surface area contributed by atoms with Gasteiger partial charge in [0.15, 0.2) is 11.5 Å². The molecule has 1 saturated heterocycles. The number of hydrogen-bond donors (Lipinski definition) is 1. The van der Waals surface area contributed by atoms with Gasteiger partial charge in [-0.15, -0.1) is 0 Å². The monoisotopic (exact) mass is 362 g/mol. The Labute approximate surface area is 150 Å². The lowest BCUT2D eigenvalue weighted by Crippen LogP contribution is -2.44. The van der Waals surface area contributed by atoms with Crippen LogP contribution in [0.4, 0.5) is 0 Å². The first kappa shape index (κ1) is 17.5. The maximum atomic E-state index is 12.8. The van der Waals surface area contributed by atoms with Gasteiger partial charge in [0, 0.05) is 35.7 Å². The van der Waals surface area contributed by atoms with E-state index in [0.717, 1.165) is 24.8 Å². The molecule has 0 bridgehead atoms. The first-order chi connectivity index (χ1) is 12.0. The quantitative estimate of drug-likeness (QED) is 0.873. The summed E-state index contributed by atoms with van der Waals surface area (Å²) in [5.74, 6) is -0.584. The normalized spacial score (nSPS) is 17.5. The van der Waals surface area contributed by atoms with Gasteiger partial charge >= 0.3 is 5.97 Å². The fraction of sp³-hybridized carbons (Fsp3) is 0.389. The van der Waals surface area contributed by atoms with E-state index >= 15 is 0 Å². The summed E-state index contributed by atoms with van der Waals surface area (Å²) < 4.78 is 5.30. The van der Waals surface area contributed by atoms with Gasteiger partial charge in [-0.3, -0.25) is 9.59 Å². The lowest BCUT2D eigenvalue weighted by molar-refractivity contribution is -0.137. The van der Waals surface area contributed by atoms with Crippen LogP contribution in [0.3, 0.4) is 0 Å². The number of halogens is 1. The molecule has 0 saturated carbocycles. The molecule has 1 amide bonds. The Kier molecular flexibility index (Phi) is 5.38. The van der Waals surface area contributed by atoms with Crippen molar-refractivity contribution in [3.8, 4) is 11.3 Å². The zero-order chi connectivity index (χ0) is 17.8. The van der Waals surface area contributed by atoms with E-state index in [2.05, 4.69) is 5.16 Å². The van der Waals surface area contributed by atoms with Crippen LogP contribution < -0.4 is 0 Å². The lowest BCUT2D eigenvalue weighted by atomic mass is 9.97. The molecule has 1 unspecified atom stereocenters. The Morgan fingerprint density at radius 3 is 2.92 bits per heavy atom. The molecular formula is C18H19ClN2O4. The molecule has 0 aliphatic carbocycles. The van der Waals surface area contributed by atoms with Gasteiger partial charge in [0.25, 0.3) is 5.91 Å². The standard InChI is InChI=1S/C18H19ClN2O4/c19-13-5-3-4-12(10-13)16-11-15(20-25-16)18(24)21-9-2-1-6-14(21)7-8-17(22)23/h3-5,10-11,14H,1-2,6-9H2,(H,22,23). The van der Waals surface area contributed by atoms with Crippen molar-refractivity contribution < 1.29 is 19.2 Å². The highest BCUT2D eigenvalue weighted by Gasteiger charge is 2.29.